The Kier molecular flexibility index (Phi) is 4.57. The first-order valence-electron chi connectivity index (χ1n) is 7.55. The molecule has 0 amide bonds. The normalized spacial score (nSPS) is 13.0. The molecular weight excluding hydrogens is 369 g/mol. The van der Waals surface area contributed by atoms with Crippen molar-refractivity contribution in [3.63, 3.8) is 0 Å². The van der Waals surface area contributed by atoms with Crippen molar-refractivity contribution in [2.75, 3.05) is 11.1 Å². The van der Waals surface area contributed by atoms with Gasteiger partial charge >= 0.3 is 6.18 Å². The lowest BCUT2D eigenvalue weighted by atomic mass is 10.1. The lowest BCUT2D eigenvalue weighted by Crippen LogP contribution is -2.15. The van der Waals surface area contributed by atoms with Gasteiger partial charge in [0.2, 0.25) is 0 Å². The number of nitrogens with one attached hydrogen (secondary N) is 1. The average Bonchev–Trinajstić information content (AvgIpc) is 2.56. The van der Waals surface area contributed by atoms with Crippen LogP contribution in [0.2, 0.25) is 5.15 Å². The molecule has 3 N–H and O–H groups in total. The topological polar surface area (TPSA) is 89.6 Å². The Bertz CT molecular complexity index is 976. The number of hydrogen-bond acceptors (Lipinski definition) is 6. The van der Waals surface area contributed by atoms with Crippen molar-refractivity contribution < 1.29 is 13.2 Å². The smallest absolute Gasteiger partial charge is 0.399 e. The second-order valence-electron chi connectivity index (χ2n) is 5.76. The standard InChI is InChI=1S/C16H14ClF3N6/c1-7-11-6-22-14(17)5-10(11)15(26-25-7)23-8(2)12-3-9(21)4-13(24-12)16(18,19)20/h3-6,8H,1-2H3,(H2,21,24)(H,23,26)/t8-/m1/s1. The predicted octanol–water partition coefficient (Wildman–Crippen LogP) is 4.16. The van der Waals surface area contributed by atoms with Crippen LogP contribution in [0, 0.1) is 6.92 Å². The van der Waals surface area contributed by atoms with Crippen LogP contribution in [-0.4, -0.2) is 20.2 Å². The molecular formula is C16H14ClF3N6. The molecule has 0 aliphatic rings. The zero-order chi connectivity index (χ0) is 19.1. The highest BCUT2D eigenvalue weighted by Crippen LogP contribution is 2.31. The van der Waals surface area contributed by atoms with Gasteiger partial charge in [-0.15, -0.1) is 5.10 Å². The third-order valence-electron chi connectivity index (χ3n) is 3.77. The third-order valence-corrected chi connectivity index (χ3v) is 3.98. The zero-order valence-corrected chi connectivity index (χ0v) is 14.5. The lowest BCUT2D eigenvalue weighted by molar-refractivity contribution is -0.141. The first-order valence-corrected chi connectivity index (χ1v) is 7.92. The number of nitrogens with zero attached hydrogens (tertiary/aromatic N) is 4. The molecule has 0 aromatic carbocycles. The molecule has 0 aliphatic carbocycles. The van der Waals surface area contributed by atoms with Crippen LogP contribution in [0.4, 0.5) is 24.7 Å². The van der Waals surface area contributed by atoms with Crippen molar-refractivity contribution in [1.82, 2.24) is 20.2 Å². The van der Waals surface area contributed by atoms with Gasteiger partial charge in [0.05, 0.1) is 17.4 Å². The minimum Gasteiger partial charge on any atom is -0.399 e. The number of hydrogen-bond donors (Lipinski definition) is 2. The van der Waals surface area contributed by atoms with Gasteiger partial charge in [-0.3, -0.25) is 0 Å². The van der Waals surface area contributed by atoms with Crippen LogP contribution < -0.4 is 11.1 Å². The minimum absolute atomic E-state index is 0.0249. The van der Waals surface area contributed by atoms with Gasteiger partial charge in [0.15, 0.2) is 5.82 Å². The van der Waals surface area contributed by atoms with Crippen molar-refractivity contribution in [1.29, 1.82) is 0 Å². The van der Waals surface area contributed by atoms with Gasteiger partial charge in [0.25, 0.3) is 0 Å². The van der Waals surface area contributed by atoms with Crippen molar-refractivity contribution >= 4 is 33.9 Å². The fourth-order valence-corrected chi connectivity index (χ4v) is 2.63. The maximum Gasteiger partial charge on any atom is 0.433 e. The van der Waals surface area contributed by atoms with Gasteiger partial charge in [-0.1, -0.05) is 11.6 Å². The highest BCUT2D eigenvalue weighted by atomic mass is 35.5. The van der Waals surface area contributed by atoms with Gasteiger partial charge in [-0.2, -0.15) is 18.3 Å². The van der Waals surface area contributed by atoms with Crippen LogP contribution >= 0.6 is 11.6 Å². The van der Waals surface area contributed by atoms with E-state index in [9.17, 15) is 13.2 Å². The van der Waals surface area contributed by atoms with E-state index in [1.807, 2.05) is 0 Å². The van der Waals surface area contributed by atoms with Crippen LogP contribution in [0.3, 0.4) is 0 Å². The number of nitrogens with two attached hydrogens (primary N) is 1. The molecule has 10 heteroatoms. The number of anilines is 2. The molecule has 0 fully saturated rings. The molecule has 0 unspecified atom stereocenters. The number of aryl methyl sites for hydroxylation is 1. The van der Waals surface area contributed by atoms with Crippen molar-refractivity contribution in [3.8, 4) is 0 Å². The summed E-state index contributed by atoms with van der Waals surface area (Å²) in [7, 11) is 0. The van der Waals surface area contributed by atoms with Gasteiger partial charge in [-0.05, 0) is 32.0 Å². The molecule has 6 nitrogen and oxygen atoms in total. The molecule has 3 rings (SSSR count). The predicted molar refractivity (Wildman–Crippen MR) is 92.8 cm³/mol. The summed E-state index contributed by atoms with van der Waals surface area (Å²) in [6, 6.07) is 3.18. The highest BCUT2D eigenvalue weighted by Gasteiger charge is 2.33. The van der Waals surface area contributed by atoms with Crippen LogP contribution in [0.25, 0.3) is 10.8 Å². The number of alkyl halides is 3. The van der Waals surface area contributed by atoms with E-state index >= 15 is 0 Å². The van der Waals surface area contributed by atoms with E-state index in [4.69, 9.17) is 17.3 Å². The molecule has 3 aromatic rings. The summed E-state index contributed by atoms with van der Waals surface area (Å²) in [5.41, 5.74) is 5.31. The van der Waals surface area contributed by atoms with Gasteiger partial charge in [0, 0.05) is 22.7 Å². The summed E-state index contributed by atoms with van der Waals surface area (Å²) in [6.45, 7) is 3.42. The third kappa shape index (κ3) is 3.62. The fraction of sp³-hybridized carbons (Fsp3) is 0.250. The van der Waals surface area contributed by atoms with Gasteiger partial charge < -0.3 is 11.1 Å². The average molecular weight is 383 g/mol. The van der Waals surface area contributed by atoms with E-state index in [1.54, 1.807) is 26.1 Å². The second-order valence-corrected chi connectivity index (χ2v) is 6.15. The summed E-state index contributed by atoms with van der Waals surface area (Å²) < 4.78 is 38.9. The Morgan fingerprint density at radius 1 is 1.15 bits per heavy atom. The number of aromatic nitrogens is 4. The van der Waals surface area contributed by atoms with Crippen molar-refractivity contribution in [2.24, 2.45) is 0 Å². The molecule has 3 aromatic heterocycles. The number of fused-ring (bicyclic) bond motifs is 1. The molecule has 0 saturated heterocycles. The van der Waals surface area contributed by atoms with Crippen LogP contribution in [-0.2, 0) is 6.18 Å². The van der Waals surface area contributed by atoms with Crippen molar-refractivity contribution in [2.45, 2.75) is 26.1 Å². The molecule has 0 aliphatic heterocycles. The van der Waals surface area contributed by atoms with Crippen LogP contribution in [0.15, 0.2) is 24.4 Å². The monoisotopic (exact) mass is 382 g/mol. The Morgan fingerprint density at radius 3 is 2.58 bits per heavy atom. The van der Waals surface area contributed by atoms with E-state index in [0.29, 0.717) is 16.9 Å². The van der Waals surface area contributed by atoms with E-state index in [-0.39, 0.29) is 16.5 Å². The minimum atomic E-state index is -4.58. The first-order chi connectivity index (χ1) is 12.1. The molecule has 0 saturated carbocycles. The van der Waals surface area contributed by atoms with Crippen LogP contribution in [0.5, 0.6) is 0 Å². The van der Waals surface area contributed by atoms with Crippen LogP contribution in [0.1, 0.15) is 30.0 Å². The molecule has 1 atom stereocenters. The van der Waals surface area contributed by atoms with E-state index in [2.05, 4.69) is 25.5 Å². The molecule has 26 heavy (non-hydrogen) atoms. The summed E-state index contributed by atoms with van der Waals surface area (Å²) in [5, 5.41) is 12.8. The summed E-state index contributed by atoms with van der Waals surface area (Å²) in [4.78, 5) is 7.67. The maximum absolute atomic E-state index is 13.0. The number of pyridine rings is 2. The first kappa shape index (κ1) is 18.1. The maximum atomic E-state index is 13.0. The summed E-state index contributed by atoms with van der Waals surface area (Å²) >= 11 is 5.95. The number of rotatable bonds is 3. The number of nitrogen functional groups attached to an aromatic ring is 1. The Morgan fingerprint density at radius 2 is 1.88 bits per heavy atom. The zero-order valence-electron chi connectivity index (χ0n) is 13.8. The van der Waals surface area contributed by atoms with E-state index < -0.39 is 17.9 Å². The van der Waals surface area contributed by atoms with E-state index in [1.165, 1.54) is 6.07 Å². The Balaban J connectivity index is 2.00. The molecule has 0 spiro atoms. The van der Waals surface area contributed by atoms with Gasteiger partial charge in [-0.25, -0.2) is 9.97 Å². The van der Waals surface area contributed by atoms with Gasteiger partial charge in [0.1, 0.15) is 10.8 Å². The summed E-state index contributed by atoms with van der Waals surface area (Å²) in [5.74, 6) is 0.361. The fourth-order valence-electron chi connectivity index (χ4n) is 2.47. The largest absolute Gasteiger partial charge is 0.433 e. The summed E-state index contributed by atoms with van der Waals surface area (Å²) in [6.07, 6.45) is -3.02. The number of halogens is 4. The lowest BCUT2D eigenvalue weighted by Gasteiger charge is -2.17. The molecule has 136 valence electrons. The SMILES string of the molecule is Cc1nnc(N[C@H](C)c2cc(N)cc(C(F)(F)F)n2)c2cc(Cl)ncc12. The van der Waals surface area contributed by atoms with E-state index in [0.717, 1.165) is 11.5 Å². The molecule has 0 bridgehead atoms. The molecule has 0 radical (unpaired) electrons. The quantitative estimate of drug-likeness (QED) is 0.661. The van der Waals surface area contributed by atoms with Crippen molar-refractivity contribution in [3.05, 3.63) is 46.6 Å². The molecule has 3 heterocycles. The second kappa shape index (κ2) is 6.56. The Labute approximate surface area is 151 Å². The highest BCUT2D eigenvalue weighted by molar-refractivity contribution is 6.30. The Hall–Kier alpha value is -2.68.